The highest BCUT2D eigenvalue weighted by molar-refractivity contribution is 9.10. The van der Waals surface area contributed by atoms with E-state index in [0.29, 0.717) is 6.54 Å². The van der Waals surface area contributed by atoms with Crippen LogP contribution >= 0.6 is 15.9 Å². The first-order valence-electron chi connectivity index (χ1n) is 5.96. The van der Waals surface area contributed by atoms with Gasteiger partial charge in [0.1, 0.15) is 0 Å². The quantitative estimate of drug-likeness (QED) is 0.912. The predicted molar refractivity (Wildman–Crippen MR) is 78.1 cm³/mol. The number of halogens is 1. The van der Waals surface area contributed by atoms with E-state index in [1.807, 2.05) is 37.2 Å². The van der Waals surface area contributed by atoms with Gasteiger partial charge in [0.05, 0.1) is 17.3 Å². The maximum absolute atomic E-state index is 12.1. The molecule has 19 heavy (non-hydrogen) atoms. The molecule has 102 valence electrons. The highest BCUT2D eigenvalue weighted by Crippen LogP contribution is 2.35. The molecule has 1 fully saturated rings. The normalized spacial score (nSPS) is 18.8. The molecule has 0 spiro atoms. The van der Waals surface area contributed by atoms with Crippen LogP contribution in [0.3, 0.4) is 0 Å². The van der Waals surface area contributed by atoms with Crippen LogP contribution in [0.1, 0.15) is 6.42 Å². The van der Waals surface area contributed by atoms with Crippen LogP contribution in [-0.4, -0.2) is 32.5 Å². The van der Waals surface area contributed by atoms with E-state index in [1.165, 1.54) is 0 Å². The van der Waals surface area contributed by atoms with E-state index < -0.39 is 11.8 Å². The number of primary amides is 1. The van der Waals surface area contributed by atoms with E-state index in [4.69, 9.17) is 5.73 Å². The second-order valence-electron chi connectivity index (χ2n) is 4.84. The summed E-state index contributed by atoms with van der Waals surface area (Å²) in [7, 11) is 3.83. The number of nitrogens with two attached hydrogens (primary N) is 1. The second-order valence-corrected chi connectivity index (χ2v) is 5.75. The van der Waals surface area contributed by atoms with Gasteiger partial charge in [-0.1, -0.05) is 15.9 Å². The molecule has 1 unspecified atom stereocenters. The Hall–Kier alpha value is -1.56. The third-order valence-electron chi connectivity index (χ3n) is 3.24. The number of benzene rings is 1. The van der Waals surface area contributed by atoms with Crippen molar-refractivity contribution in [2.45, 2.75) is 6.42 Å². The molecule has 1 heterocycles. The summed E-state index contributed by atoms with van der Waals surface area (Å²) in [5.74, 6) is -0.885. The van der Waals surface area contributed by atoms with Crippen molar-refractivity contribution < 1.29 is 9.59 Å². The Morgan fingerprint density at radius 3 is 2.68 bits per heavy atom. The van der Waals surface area contributed by atoms with Crippen molar-refractivity contribution >= 4 is 39.1 Å². The zero-order valence-corrected chi connectivity index (χ0v) is 12.5. The maximum Gasteiger partial charge on any atom is 0.227 e. The number of rotatable bonds is 3. The van der Waals surface area contributed by atoms with Crippen LogP contribution in [0.15, 0.2) is 22.7 Å². The summed E-state index contributed by atoms with van der Waals surface area (Å²) in [5.41, 5.74) is 7.02. The minimum atomic E-state index is -0.419. The monoisotopic (exact) mass is 325 g/mol. The first-order chi connectivity index (χ1) is 8.90. The minimum absolute atomic E-state index is 0.0648. The number of hydrogen-bond acceptors (Lipinski definition) is 3. The SMILES string of the molecule is CN(C)c1ccc(Br)cc1N1CC(C(N)=O)CC1=O. The summed E-state index contributed by atoms with van der Waals surface area (Å²) in [4.78, 5) is 26.9. The van der Waals surface area contributed by atoms with Crippen LogP contribution in [-0.2, 0) is 9.59 Å². The number of nitrogens with zero attached hydrogens (tertiary/aromatic N) is 2. The number of hydrogen-bond donors (Lipinski definition) is 1. The summed E-state index contributed by atoms with van der Waals surface area (Å²) in [6, 6.07) is 5.74. The highest BCUT2D eigenvalue weighted by Gasteiger charge is 2.35. The van der Waals surface area contributed by atoms with Crippen LogP contribution in [0.25, 0.3) is 0 Å². The van der Waals surface area contributed by atoms with Crippen molar-refractivity contribution in [3.8, 4) is 0 Å². The molecule has 0 aliphatic carbocycles. The van der Waals surface area contributed by atoms with Crippen molar-refractivity contribution in [2.75, 3.05) is 30.4 Å². The summed E-state index contributed by atoms with van der Waals surface area (Å²) in [5, 5.41) is 0. The number of amides is 2. The van der Waals surface area contributed by atoms with Gasteiger partial charge in [0, 0.05) is 31.5 Å². The molecule has 0 radical (unpaired) electrons. The van der Waals surface area contributed by atoms with Crippen LogP contribution in [0.5, 0.6) is 0 Å². The third kappa shape index (κ3) is 2.73. The lowest BCUT2D eigenvalue weighted by molar-refractivity contribution is -0.123. The lowest BCUT2D eigenvalue weighted by atomic mass is 10.1. The van der Waals surface area contributed by atoms with E-state index in [2.05, 4.69) is 15.9 Å². The predicted octanol–water partition coefficient (Wildman–Crippen LogP) is 1.35. The largest absolute Gasteiger partial charge is 0.376 e. The fourth-order valence-electron chi connectivity index (χ4n) is 2.22. The zero-order chi connectivity index (χ0) is 14.2. The van der Waals surface area contributed by atoms with Gasteiger partial charge < -0.3 is 15.5 Å². The van der Waals surface area contributed by atoms with E-state index in [1.54, 1.807) is 4.90 Å². The fraction of sp³-hybridized carbons (Fsp3) is 0.385. The van der Waals surface area contributed by atoms with Gasteiger partial charge in [-0.3, -0.25) is 9.59 Å². The highest BCUT2D eigenvalue weighted by atomic mass is 79.9. The molecule has 2 N–H and O–H groups in total. The Morgan fingerprint density at radius 1 is 1.47 bits per heavy atom. The van der Waals surface area contributed by atoms with E-state index in [0.717, 1.165) is 15.8 Å². The molecule has 1 atom stereocenters. The number of anilines is 2. The molecule has 0 aromatic heterocycles. The van der Waals surface area contributed by atoms with Crippen molar-refractivity contribution in [1.29, 1.82) is 0 Å². The van der Waals surface area contributed by atoms with Gasteiger partial charge in [0.2, 0.25) is 11.8 Å². The smallest absolute Gasteiger partial charge is 0.227 e. The van der Waals surface area contributed by atoms with Crippen LogP contribution in [0, 0.1) is 5.92 Å². The van der Waals surface area contributed by atoms with E-state index in [9.17, 15) is 9.59 Å². The minimum Gasteiger partial charge on any atom is -0.376 e. The van der Waals surface area contributed by atoms with Gasteiger partial charge >= 0.3 is 0 Å². The topological polar surface area (TPSA) is 66.6 Å². The molecular weight excluding hydrogens is 310 g/mol. The van der Waals surface area contributed by atoms with Crippen LogP contribution in [0.2, 0.25) is 0 Å². The molecule has 1 aliphatic rings. The Labute approximate surface area is 120 Å². The maximum atomic E-state index is 12.1. The van der Waals surface area contributed by atoms with Crippen LogP contribution < -0.4 is 15.5 Å². The zero-order valence-electron chi connectivity index (χ0n) is 10.9. The summed E-state index contributed by atoms with van der Waals surface area (Å²) in [6.45, 7) is 0.353. The molecule has 0 bridgehead atoms. The average molecular weight is 326 g/mol. The van der Waals surface area contributed by atoms with Gasteiger partial charge in [-0.05, 0) is 18.2 Å². The fourth-order valence-corrected chi connectivity index (χ4v) is 2.57. The molecule has 1 aromatic carbocycles. The Balaban J connectivity index is 2.39. The van der Waals surface area contributed by atoms with E-state index >= 15 is 0 Å². The molecule has 1 aromatic rings. The lowest BCUT2D eigenvalue weighted by Gasteiger charge is -2.24. The number of carbonyl (C=O) groups is 2. The Kier molecular flexibility index (Phi) is 3.80. The summed E-state index contributed by atoms with van der Waals surface area (Å²) < 4.78 is 0.892. The van der Waals surface area contributed by atoms with Crippen molar-refractivity contribution in [3.05, 3.63) is 22.7 Å². The van der Waals surface area contributed by atoms with Gasteiger partial charge in [-0.2, -0.15) is 0 Å². The van der Waals surface area contributed by atoms with Crippen LogP contribution in [0.4, 0.5) is 11.4 Å². The molecule has 1 aliphatic heterocycles. The van der Waals surface area contributed by atoms with Gasteiger partial charge in [-0.15, -0.1) is 0 Å². The molecule has 2 rings (SSSR count). The summed E-state index contributed by atoms with van der Waals surface area (Å²) >= 11 is 3.41. The van der Waals surface area contributed by atoms with Gasteiger partial charge in [-0.25, -0.2) is 0 Å². The lowest BCUT2D eigenvalue weighted by Crippen LogP contribution is -2.29. The first-order valence-corrected chi connectivity index (χ1v) is 6.76. The van der Waals surface area contributed by atoms with Crippen molar-refractivity contribution in [3.63, 3.8) is 0 Å². The molecule has 5 nitrogen and oxygen atoms in total. The second kappa shape index (κ2) is 5.21. The molecule has 1 saturated heterocycles. The Morgan fingerprint density at radius 2 is 2.16 bits per heavy atom. The van der Waals surface area contributed by atoms with Gasteiger partial charge in [0.15, 0.2) is 0 Å². The molecular formula is C13H16BrN3O2. The first kappa shape index (κ1) is 13.9. The van der Waals surface area contributed by atoms with Gasteiger partial charge in [0.25, 0.3) is 0 Å². The average Bonchev–Trinajstić information content (AvgIpc) is 2.71. The summed E-state index contributed by atoms with van der Waals surface area (Å²) in [6.07, 6.45) is 0.189. The molecule has 2 amide bonds. The van der Waals surface area contributed by atoms with E-state index in [-0.39, 0.29) is 12.3 Å². The Bertz CT molecular complexity index is 531. The van der Waals surface area contributed by atoms with Crippen molar-refractivity contribution in [2.24, 2.45) is 11.7 Å². The molecule has 6 heteroatoms. The number of carbonyl (C=O) groups excluding carboxylic acids is 2. The molecule has 0 saturated carbocycles. The standard InChI is InChI=1S/C13H16BrN3O2/c1-16(2)10-4-3-9(14)6-11(10)17-7-8(13(15)19)5-12(17)18/h3-4,6,8H,5,7H2,1-2H3,(H2,15,19). The third-order valence-corrected chi connectivity index (χ3v) is 3.73. The van der Waals surface area contributed by atoms with Crippen molar-refractivity contribution in [1.82, 2.24) is 0 Å².